The Bertz CT molecular complexity index is 681. The molecule has 0 spiro atoms. The number of nitrogens with zero attached hydrogens (tertiary/aromatic N) is 1. The van der Waals surface area contributed by atoms with Crippen LogP contribution in [0.5, 0.6) is 5.75 Å². The van der Waals surface area contributed by atoms with E-state index in [2.05, 4.69) is 12.1 Å². The predicted octanol–water partition coefficient (Wildman–Crippen LogP) is 3.99. The second-order valence-electron chi connectivity index (χ2n) is 6.32. The van der Waals surface area contributed by atoms with E-state index in [-0.39, 0.29) is 12.5 Å². The van der Waals surface area contributed by atoms with E-state index < -0.39 is 0 Å². The van der Waals surface area contributed by atoms with Gasteiger partial charge in [0.1, 0.15) is 5.75 Å². The van der Waals surface area contributed by atoms with Crippen molar-refractivity contribution in [2.75, 3.05) is 13.2 Å². The number of fused-ring (bicyclic) bond motifs is 1. The van der Waals surface area contributed by atoms with Gasteiger partial charge in [0.25, 0.3) is 5.91 Å². The Morgan fingerprint density at radius 2 is 1.79 bits per heavy atom. The maximum absolute atomic E-state index is 12.4. The first-order chi connectivity index (χ1) is 11.8. The van der Waals surface area contributed by atoms with Gasteiger partial charge in [0.05, 0.1) is 0 Å². The Morgan fingerprint density at radius 1 is 1.04 bits per heavy atom. The van der Waals surface area contributed by atoms with Gasteiger partial charge < -0.3 is 9.64 Å². The summed E-state index contributed by atoms with van der Waals surface area (Å²) in [6, 6.07) is 16.3. The first-order valence-electron chi connectivity index (χ1n) is 8.82. The van der Waals surface area contributed by atoms with Crippen molar-refractivity contribution in [2.24, 2.45) is 0 Å². The summed E-state index contributed by atoms with van der Waals surface area (Å²) in [7, 11) is 0. The summed E-state index contributed by atoms with van der Waals surface area (Å²) in [4.78, 5) is 14.3. The van der Waals surface area contributed by atoms with Gasteiger partial charge in [0.2, 0.25) is 0 Å². The normalized spacial score (nSPS) is 13.2. The summed E-state index contributed by atoms with van der Waals surface area (Å²) >= 11 is 0. The quantitative estimate of drug-likeness (QED) is 0.804. The van der Waals surface area contributed by atoms with Crippen LogP contribution in [0.15, 0.2) is 48.5 Å². The van der Waals surface area contributed by atoms with E-state index in [1.807, 2.05) is 48.2 Å². The van der Waals surface area contributed by atoms with Crippen LogP contribution < -0.4 is 4.74 Å². The third-order valence-corrected chi connectivity index (χ3v) is 4.63. The summed E-state index contributed by atoms with van der Waals surface area (Å²) in [5, 5.41) is 0. The van der Waals surface area contributed by atoms with Crippen LogP contribution in [0.4, 0.5) is 0 Å². The number of amides is 1. The van der Waals surface area contributed by atoms with Crippen LogP contribution in [0.2, 0.25) is 0 Å². The number of ether oxygens (including phenoxy) is 1. The van der Waals surface area contributed by atoms with Gasteiger partial charge in [-0.15, -0.1) is 0 Å². The number of carbonyl (C=O) groups excluding carboxylic acids is 1. The molecule has 0 fully saturated rings. The lowest BCUT2D eigenvalue weighted by Crippen LogP contribution is -2.34. The number of carbonyl (C=O) groups is 1. The topological polar surface area (TPSA) is 29.5 Å². The van der Waals surface area contributed by atoms with Crippen LogP contribution >= 0.6 is 0 Å². The molecule has 3 heteroatoms. The second kappa shape index (κ2) is 8.00. The lowest BCUT2D eigenvalue weighted by Gasteiger charge is -2.21. The van der Waals surface area contributed by atoms with Crippen LogP contribution in [0.1, 0.15) is 36.5 Å². The van der Waals surface area contributed by atoms with Gasteiger partial charge in [-0.3, -0.25) is 4.79 Å². The van der Waals surface area contributed by atoms with Gasteiger partial charge in [-0.2, -0.15) is 0 Å². The number of benzene rings is 2. The molecule has 2 aromatic rings. The van der Waals surface area contributed by atoms with Gasteiger partial charge in [0.15, 0.2) is 6.61 Å². The van der Waals surface area contributed by atoms with Crippen molar-refractivity contribution in [3.8, 4) is 5.75 Å². The molecule has 3 rings (SSSR count). The number of hydrogen-bond donors (Lipinski definition) is 0. The zero-order valence-electron chi connectivity index (χ0n) is 14.3. The minimum Gasteiger partial charge on any atom is -0.484 e. The molecule has 0 heterocycles. The lowest BCUT2D eigenvalue weighted by atomic mass is 9.92. The summed E-state index contributed by atoms with van der Waals surface area (Å²) in [5.74, 6) is 0.832. The minimum absolute atomic E-state index is 0.0269. The molecule has 1 aliphatic carbocycles. The molecule has 0 unspecified atom stereocenters. The van der Waals surface area contributed by atoms with E-state index in [0.29, 0.717) is 13.1 Å². The van der Waals surface area contributed by atoms with Crippen molar-refractivity contribution < 1.29 is 9.53 Å². The molecule has 0 aromatic heterocycles. The molecule has 0 atom stereocenters. The summed E-state index contributed by atoms with van der Waals surface area (Å²) in [6.45, 7) is 3.41. The highest BCUT2D eigenvalue weighted by atomic mass is 16.5. The van der Waals surface area contributed by atoms with E-state index >= 15 is 0 Å². The molecule has 0 bridgehead atoms. The van der Waals surface area contributed by atoms with Crippen molar-refractivity contribution >= 4 is 5.91 Å². The zero-order valence-corrected chi connectivity index (χ0v) is 14.3. The van der Waals surface area contributed by atoms with E-state index in [0.717, 1.165) is 24.2 Å². The maximum atomic E-state index is 12.4. The molecular weight excluding hydrogens is 298 g/mol. The summed E-state index contributed by atoms with van der Waals surface area (Å²) in [5.41, 5.74) is 3.95. The standard InChI is InChI=1S/C21H25NO2/c1-2-22(15-17-8-4-3-5-9-17)21(23)16-24-20-13-12-18-10-6-7-11-19(18)14-20/h3-5,8-9,12-14H,2,6-7,10-11,15-16H2,1H3. The third kappa shape index (κ3) is 4.16. The van der Waals surface area contributed by atoms with E-state index in [1.165, 1.54) is 24.0 Å². The second-order valence-corrected chi connectivity index (χ2v) is 6.32. The Morgan fingerprint density at radius 3 is 2.54 bits per heavy atom. The molecule has 24 heavy (non-hydrogen) atoms. The highest BCUT2D eigenvalue weighted by Gasteiger charge is 2.14. The van der Waals surface area contributed by atoms with Gasteiger partial charge in [-0.05, 0) is 61.4 Å². The highest BCUT2D eigenvalue weighted by molar-refractivity contribution is 5.77. The Hall–Kier alpha value is -2.29. The molecule has 2 aromatic carbocycles. The molecule has 3 nitrogen and oxygen atoms in total. The number of likely N-dealkylation sites (N-methyl/N-ethyl adjacent to an activating group) is 1. The van der Waals surface area contributed by atoms with Crippen molar-refractivity contribution in [1.82, 2.24) is 4.90 Å². The van der Waals surface area contributed by atoms with E-state index in [4.69, 9.17) is 4.74 Å². The first kappa shape index (κ1) is 16.6. The molecule has 126 valence electrons. The first-order valence-corrected chi connectivity index (χ1v) is 8.82. The molecule has 0 saturated heterocycles. The van der Waals surface area contributed by atoms with Gasteiger partial charge in [-0.1, -0.05) is 36.4 Å². The summed E-state index contributed by atoms with van der Waals surface area (Å²) in [6.07, 6.45) is 4.80. The fourth-order valence-corrected chi connectivity index (χ4v) is 3.22. The number of aryl methyl sites for hydroxylation is 2. The molecule has 1 amide bonds. The van der Waals surface area contributed by atoms with E-state index in [9.17, 15) is 4.79 Å². The van der Waals surface area contributed by atoms with Gasteiger partial charge >= 0.3 is 0 Å². The van der Waals surface area contributed by atoms with Gasteiger partial charge in [0, 0.05) is 13.1 Å². The minimum atomic E-state index is 0.0269. The van der Waals surface area contributed by atoms with E-state index in [1.54, 1.807) is 0 Å². The maximum Gasteiger partial charge on any atom is 0.260 e. The molecule has 1 aliphatic rings. The van der Waals surface area contributed by atoms with Crippen LogP contribution in [0.3, 0.4) is 0 Å². The monoisotopic (exact) mass is 323 g/mol. The number of hydrogen-bond acceptors (Lipinski definition) is 2. The molecular formula is C21H25NO2. The largest absolute Gasteiger partial charge is 0.484 e. The average Bonchev–Trinajstić information content (AvgIpc) is 2.65. The molecule has 0 radical (unpaired) electrons. The predicted molar refractivity (Wildman–Crippen MR) is 96.1 cm³/mol. The smallest absolute Gasteiger partial charge is 0.260 e. The molecule has 0 N–H and O–H groups in total. The van der Waals surface area contributed by atoms with Crippen LogP contribution in [0, 0.1) is 0 Å². The lowest BCUT2D eigenvalue weighted by molar-refractivity contribution is -0.133. The molecule has 0 aliphatic heterocycles. The Kier molecular flexibility index (Phi) is 5.52. The average molecular weight is 323 g/mol. The Balaban J connectivity index is 1.57. The SMILES string of the molecule is CCN(Cc1ccccc1)C(=O)COc1ccc2c(c1)CCCC2. The zero-order chi connectivity index (χ0) is 16.8. The fraction of sp³-hybridized carbons (Fsp3) is 0.381. The molecule has 0 saturated carbocycles. The van der Waals surface area contributed by atoms with Crippen LogP contribution in [-0.4, -0.2) is 24.0 Å². The fourth-order valence-electron chi connectivity index (χ4n) is 3.22. The number of rotatable bonds is 6. The van der Waals surface area contributed by atoms with Crippen LogP contribution in [-0.2, 0) is 24.2 Å². The van der Waals surface area contributed by atoms with Crippen molar-refractivity contribution in [3.05, 3.63) is 65.2 Å². The van der Waals surface area contributed by atoms with Crippen molar-refractivity contribution in [2.45, 2.75) is 39.2 Å². The third-order valence-electron chi connectivity index (χ3n) is 4.63. The summed E-state index contributed by atoms with van der Waals surface area (Å²) < 4.78 is 5.76. The Labute approximate surface area is 144 Å². The van der Waals surface area contributed by atoms with Gasteiger partial charge in [-0.25, -0.2) is 0 Å². The van der Waals surface area contributed by atoms with Crippen molar-refractivity contribution in [3.63, 3.8) is 0 Å². The van der Waals surface area contributed by atoms with Crippen LogP contribution in [0.25, 0.3) is 0 Å². The van der Waals surface area contributed by atoms with Crippen molar-refractivity contribution in [1.29, 1.82) is 0 Å². The highest BCUT2D eigenvalue weighted by Crippen LogP contribution is 2.25.